The van der Waals surface area contributed by atoms with E-state index in [0.29, 0.717) is 19.3 Å². The summed E-state index contributed by atoms with van der Waals surface area (Å²) in [5.41, 5.74) is -0.700. The van der Waals surface area contributed by atoms with E-state index in [0.717, 1.165) is 12.0 Å². The summed E-state index contributed by atoms with van der Waals surface area (Å²) in [6.07, 6.45) is 1.75. The molecule has 1 saturated carbocycles. The SMILES string of the molecule is CC(C)C[C@H](NC(=O)C(Cl)C1(NC(=O)OC(C)(C)C)CCC1)C(=O)OCc1ccccc1. The highest BCUT2D eigenvalue weighted by Gasteiger charge is 2.49. The van der Waals surface area contributed by atoms with Crippen LogP contribution in [-0.2, 0) is 25.7 Å². The minimum Gasteiger partial charge on any atom is -0.459 e. The summed E-state index contributed by atoms with van der Waals surface area (Å²) in [7, 11) is 0. The quantitative estimate of drug-likeness (QED) is 0.417. The number of alkyl halides is 1. The molecule has 1 aliphatic rings. The van der Waals surface area contributed by atoms with E-state index in [2.05, 4.69) is 10.6 Å². The number of amides is 2. The number of benzene rings is 1. The normalized spacial score (nSPS) is 17.0. The summed E-state index contributed by atoms with van der Waals surface area (Å²) in [6.45, 7) is 9.34. The maximum absolute atomic E-state index is 13.0. The van der Waals surface area contributed by atoms with E-state index >= 15 is 0 Å². The van der Waals surface area contributed by atoms with Gasteiger partial charge in [0.15, 0.2) is 0 Å². The van der Waals surface area contributed by atoms with Crippen LogP contribution in [0.4, 0.5) is 4.79 Å². The molecule has 0 aliphatic heterocycles. The molecule has 0 bridgehead atoms. The Morgan fingerprint density at radius 3 is 2.25 bits per heavy atom. The highest BCUT2D eigenvalue weighted by molar-refractivity contribution is 6.32. The molecule has 0 radical (unpaired) electrons. The molecule has 1 aromatic carbocycles. The second-order valence-corrected chi connectivity index (χ2v) is 10.2. The Balaban J connectivity index is 2.02. The number of nitrogens with one attached hydrogen (secondary N) is 2. The Kier molecular flexibility index (Phi) is 8.96. The van der Waals surface area contributed by atoms with Gasteiger partial charge in [-0.3, -0.25) is 4.79 Å². The van der Waals surface area contributed by atoms with Crippen molar-refractivity contribution in [3.8, 4) is 0 Å². The molecule has 0 heterocycles. The van der Waals surface area contributed by atoms with Crippen LogP contribution in [-0.4, -0.2) is 40.5 Å². The van der Waals surface area contributed by atoms with Gasteiger partial charge in [-0.15, -0.1) is 11.6 Å². The lowest BCUT2D eigenvalue weighted by Crippen LogP contribution is -2.64. The fourth-order valence-corrected chi connectivity index (χ4v) is 3.85. The third kappa shape index (κ3) is 7.69. The van der Waals surface area contributed by atoms with Gasteiger partial charge < -0.3 is 20.1 Å². The summed E-state index contributed by atoms with van der Waals surface area (Å²) in [6, 6.07) is 8.51. The Morgan fingerprint density at radius 1 is 1.12 bits per heavy atom. The molecule has 2 atom stereocenters. The first-order valence-electron chi connectivity index (χ1n) is 11.1. The summed E-state index contributed by atoms with van der Waals surface area (Å²) < 4.78 is 10.8. The number of hydrogen-bond donors (Lipinski definition) is 2. The Bertz CT molecular complexity index is 787. The molecular weight excluding hydrogens is 432 g/mol. The van der Waals surface area contributed by atoms with Gasteiger partial charge in [0, 0.05) is 0 Å². The monoisotopic (exact) mass is 466 g/mol. The molecule has 1 unspecified atom stereocenters. The first-order chi connectivity index (χ1) is 14.9. The Hall–Kier alpha value is -2.28. The van der Waals surface area contributed by atoms with E-state index < -0.39 is 40.5 Å². The lowest BCUT2D eigenvalue weighted by atomic mass is 9.73. The van der Waals surface area contributed by atoms with Crippen molar-refractivity contribution in [2.45, 2.75) is 89.5 Å². The van der Waals surface area contributed by atoms with Gasteiger partial charge in [-0.05, 0) is 57.9 Å². The van der Waals surface area contributed by atoms with Gasteiger partial charge in [-0.1, -0.05) is 44.2 Å². The van der Waals surface area contributed by atoms with Crippen LogP contribution in [0.25, 0.3) is 0 Å². The third-order valence-corrected chi connectivity index (χ3v) is 5.86. The highest BCUT2D eigenvalue weighted by Crippen LogP contribution is 2.38. The largest absolute Gasteiger partial charge is 0.459 e. The molecule has 0 spiro atoms. The fourth-order valence-electron chi connectivity index (χ4n) is 3.52. The van der Waals surface area contributed by atoms with Gasteiger partial charge in [0.1, 0.15) is 23.6 Å². The molecule has 178 valence electrons. The molecular formula is C24H35ClN2O5. The molecule has 7 nitrogen and oxygen atoms in total. The van der Waals surface area contributed by atoms with Gasteiger partial charge in [0.25, 0.3) is 0 Å². The molecule has 2 amide bonds. The van der Waals surface area contributed by atoms with E-state index in [4.69, 9.17) is 21.1 Å². The van der Waals surface area contributed by atoms with Crippen molar-refractivity contribution in [1.82, 2.24) is 10.6 Å². The van der Waals surface area contributed by atoms with Crippen molar-refractivity contribution in [1.29, 1.82) is 0 Å². The van der Waals surface area contributed by atoms with E-state index in [-0.39, 0.29) is 12.5 Å². The van der Waals surface area contributed by atoms with Crippen LogP contribution >= 0.6 is 11.6 Å². The smallest absolute Gasteiger partial charge is 0.408 e. The highest BCUT2D eigenvalue weighted by atomic mass is 35.5. The molecule has 1 fully saturated rings. The van der Waals surface area contributed by atoms with E-state index in [1.807, 2.05) is 44.2 Å². The maximum atomic E-state index is 13.0. The fraction of sp³-hybridized carbons (Fsp3) is 0.625. The van der Waals surface area contributed by atoms with Gasteiger partial charge in [0.2, 0.25) is 5.91 Å². The molecule has 2 N–H and O–H groups in total. The lowest BCUT2D eigenvalue weighted by Gasteiger charge is -2.45. The van der Waals surface area contributed by atoms with Gasteiger partial charge in [0.05, 0.1) is 5.54 Å². The first-order valence-corrected chi connectivity index (χ1v) is 11.5. The van der Waals surface area contributed by atoms with Crippen molar-refractivity contribution >= 4 is 29.6 Å². The van der Waals surface area contributed by atoms with Crippen LogP contribution in [0.2, 0.25) is 0 Å². The predicted octanol–water partition coefficient (Wildman–Crippen LogP) is 4.32. The van der Waals surface area contributed by atoms with E-state index in [9.17, 15) is 14.4 Å². The summed E-state index contributed by atoms with van der Waals surface area (Å²) in [5, 5.41) is 4.49. The number of hydrogen-bond acceptors (Lipinski definition) is 5. The van der Waals surface area contributed by atoms with Crippen LogP contribution in [0.5, 0.6) is 0 Å². The summed E-state index contributed by atoms with van der Waals surface area (Å²) in [5.74, 6) is -0.872. The van der Waals surface area contributed by atoms with Crippen LogP contribution in [0.1, 0.15) is 65.9 Å². The number of alkyl carbamates (subject to hydrolysis) is 1. The topological polar surface area (TPSA) is 93.7 Å². The third-order valence-electron chi connectivity index (χ3n) is 5.24. The molecule has 8 heteroatoms. The van der Waals surface area contributed by atoms with E-state index in [1.54, 1.807) is 20.8 Å². The van der Waals surface area contributed by atoms with Gasteiger partial charge >= 0.3 is 12.1 Å². The predicted molar refractivity (Wildman–Crippen MR) is 123 cm³/mol. The van der Waals surface area contributed by atoms with Crippen LogP contribution in [0, 0.1) is 5.92 Å². The summed E-state index contributed by atoms with van der Waals surface area (Å²) >= 11 is 6.53. The summed E-state index contributed by atoms with van der Waals surface area (Å²) in [4.78, 5) is 38.0. The van der Waals surface area contributed by atoms with Crippen molar-refractivity contribution < 1.29 is 23.9 Å². The standard InChI is InChI=1S/C24H35ClN2O5/c1-16(2)14-18(21(29)31-15-17-10-7-6-8-11-17)26-20(28)19(25)24(12-9-13-24)27-22(30)32-23(3,4)5/h6-8,10-11,16,18-19H,9,12-15H2,1-5H3,(H,26,28)(H,27,30)/t18-,19?/m0/s1. The minimum absolute atomic E-state index is 0.124. The minimum atomic E-state index is -1.04. The first kappa shape index (κ1) is 26.0. The molecule has 32 heavy (non-hydrogen) atoms. The second kappa shape index (κ2) is 11.0. The van der Waals surface area contributed by atoms with Crippen LogP contribution in [0.3, 0.4) is 0 Å². The number of rotatable bonds is 9. The van der Waals surface area contributed by atoms with Crippen molar-refractivity contribution in [3.05, 3.63) is 35.9 Å². The van der Waals surface area contributed by atoms with E-state index in [1.165, 1.54) is 0 Å². The number of halogens is 1. The maximum Gasteiger partial charge on any atom is 0.408 e. The average molecular weight is 467 g/mol. The molecule has 0 saturated heterocycles. The Morgan fingerprint density at radius 2 is 1.75 bits per heavy atom. The molecule has 1 aliphatic carbocycles. The van der Waals surface area contributed by atoms with Gasteiger partial charge in [-0.25, -0.2) is 9.59 Å². The lowest BCUT2D eigenvalue weighted by molar-refractivity contribution is -0.149. The molecule has 2 rings (SSSR count). The zero-order valence-electron chi connectivity index (χ0n) is 19.6. The average Bonchev–Trinajstić information content (AvgIpc) is 2.67. The van der Waals surface area contributed by atoms with Crippen LogP contribution < -0.4 is 10.6 Å². The number of esters is 1. The van der Waals surface area contributed by atoms with Crippen molar-refractivity contribution in [2.24, 2.45) is 5.92 Å². The Labute approximate surface area is 195 Å². The number of carbonyl (C=O) groups is 3. The van der Waals surface area contributed by atoms with Gasteiger partial charge in [-0.2, -0.15) is 0 Å². The zero-order valence-corrected chi connectivity index (χ0v) is 20.3. The van der Waals surface area contributed by atoms with Crippen molar-refractivity contribution in [2.75, 3.05) is 0 Å². The zero-order chi connectivity index (χ0) is 23.9. The molecule has 0 aromatic heterocycles. The van der Waals surface area contributed by atoms with Crippen molar-refractivity contribution in [3.63, 3.8) is 0 Å². The number of ether oxygens (including phenoxy) is 2. The number of carbonyl (C=O) groups excluding carboxylic acids is 3. The molecule has 1 aromatic rings. The van der Waals surface area contributed by atoms with Crippen LogP contribution in [0.15, 0.2) is 30.3 Å². The second-order valence-electron chi connectivity index (χ2n) is 9.78.